The quantitative estimate of drug-likeness (QED) is 0.511. The van der Waals surface area contributed by atoms with E-state index >= 15 is 0 Å². The molecule has 3 aromatic rings. The minimum absolute atomic E-state index is 0.0790. The molecule has 0 saturated heterocycles. The summed E-state index contributed by atoms with van der Waals surface area (Å²) in [6.45, 7) is 6.88. The van der Waals surface area contributed by atoms with Crippen LogP contribution in [0, 0.1) is 0 Å². The van der Waals surface area contributed by atoms with Crippen LogP contribution in [0.25, 0.3) is 20.7 Å². The van der Waals surface area contributed by atoms with Gasteiger partial charge >= 0.3 is 0 Å². The van der Waals surface area contributed by atoms with Crippen molar-refractivity contribution in [2.45, 2.75) is 37.7 Å². The van der Waals surface area contributed by atoms with Crippen molar-refractivity contribution in [3.8, 4) is 10.4 Å². The monoisotopic (exact) mass is 336 g/mol. The Kier molecular flexibility index (Phi) is 4.19. The summed E-state index contributed by atoms with van der Waals surface area (Å²) < 4.78 is 1.79. The van der Waals surface area contributed by atoms with E-state index in [-0.39, 0.29) is 5.56 Å². The molecule has 0 fully saturated rings. The van der Waals surface area contributed by atoms with Crippen LogP contribution < -0.4 is 5.56 Å². The van der Waals surface area contributed by atoms with Crippen LogP contribution in [0.4, 0.5) is 0 Å². The van der Waals surface area contributed by atoms with Crippen molar-refractivity contribution in [3.05, 3.63) is 33.2 Å². The number of hydrogen-bond acceptors (Lipinski definition) is 5. The molecule has 0 aliphatic heterocycles. The second kappa shape index (κ2) is 5.94. The van der Waals surface area contributed by atoms with Crippen molar-refractivity contribution in [3.63, 3.8) is 0 Å². The summed E-state index contributed by atoms with van der Waals surface area (Å²) in [4.78, 5) is 19.6. The van der Waals surface area contributed by atoms with Crippen LogP contribution in [0.5, 0.6) is 0 Å². The molecule has 0 amide bonds. The van der Waals surface area contributed by atoms with Gasteiger partial charge in [0.25, 0.3) is 5.56 Å². The summed E-state index contributed by atoms with van der Waals surface area (Å²) in [6.07, 6.45) is 0. The number of fused-ring (bicyclic) bond motifs is 1. The van der Waals surface area contributed by atoms with Gasteiger partial charge in [-0.1, -0.05) is 31.7 Å². The standard InChI is InChI=1S/C15H16N2OS3/c1-4-17-14(18)12-10(11-6-5-7-19-11)8-20-13(12)16-15(17)21-9(2)3/h5-9H,4H2,1-3H3. The molecule has 0 radical (unpaired) electrons. The summed E-state index contributed by atoms with van der Waals surface area (Å²) in [5.41, 5.74) is 1.10. The van der Waals surface area contributed by atoms with Crippen LogP contribution >= 0.6 is 34.4 Å². The summed E-state index contributed by atoms with van der Waals surface area (Å²) in [5.74, 6) is 0. The third-order valence-corrected chi connectivity index (χ3v) is 5.87. The van der Waals surface area contributed by atoms with E-state index in [0.717, 1.165) is 25.8 Å². The molecule has 21 heavy (non-hydrogen) atoms. The van der Waals surface area contributed by atoms with E-state index in [4.69, 9.17) is 4.98 Å². The van der Waals surface area contributed by atoms with E-state index in [0.29, 0.717) is 11.8 Å². The van der Waals surface area contributed by atoms with Gasteiger partial charge in [0.2, 0.25) is 0 Å². The lowest BCUT2D eigenvalue weighted by Gasteiger charge is -2.11. The molecule has 3 nitrogen and oxygen atoms in total. The first-order valence-corrected chi connectivity index (χ1v) is 9.48. The predicted molar refractivity (Wildman–Crippen MR) is 93.9 cm³/mol. The fourth-order valence-electron chi connectivity index (χ4n) is 2.20. The zero-order chi connectivity index (χ0) is 15.0. The summed E-state index contributed by atoms with van der Waals surface area (Å²) in [5, 5.41) is 6.08. The largest absolute Gasteiger partial charge is 0.287 e. The lowest BCUT2D eigenvalue weighted by atomic mass is 10.2. The second-order valence-corrected chi connectivity index (χ2v) is 8.27. The van der Waals surface area contributed by atoms with E-state index < -0.39 is 0 Å². The van der Waals surface area contributed by atoms with Gasteiger partial charge in [-0.05, 0) is 18.4 Å². The van der Waals surface area contributed by atoms with E-state index in [2.05, 4.69) is 25.3 Å². The van der Waals surface area contributed by atoms with Gasteiger partial charge in [0.05, 0.1) is 5.39 Å². The maximum atomic E-state index is 12.9. The number of nitrogens with zero attached hydrogens (tertiary/aromatic N) is 2. The van der Waals surface area contributed by atoms with Crippen LogP contribution in [-0.2, 0) is 6.54 Å². The molecule has 0 saturated carbocycles. The lowest BCUT2D eigenvalue weighted by Crippen LogP contribution is -2.22. The lowest BCUT2D eigenvalue weighted by molar-refractivity contribution is 0.634. The molecule has 6 heteroatoms. The predicted octanol–water partition coefficient (Wildman–Crippen LogP) is 4.71. The molecule has 0 unspecified atom stereocenters. The molecule has 0 aromatic carbocycles. The SMILES string of the molecule is CCn1c(SC(C)C)nc2scc(-c3cccs3)c2c1=O. The highest BCUT2D eigenvalue weighted by Crippen LogP contribution is 2.34. The van der Waals surface area contributed by atoms with Crippen molar-refractivity contribution < 1.29 is 0 Å². The van der Waals surface area contributed by atoms with E-state index in [1.54, 1.807) is 39.0 Å². The average molecular weight is 337 g/mol. The zero-order valence-electron chi connectivity index (χ0n) is 12.1. The highest BCUT2D eigenvalue weighted by Gasteiger charge is 2.17. The van der Waals surface area contributed by atoms with Gasteiger partial charge in [0.1, 0.15) is 4.83 Å². The fraction of sp³-hybridized carbons (Fsp3) is 0.333. The smallest absolute Gasteiger partial charge is 0.263 e. The van der Waals surface area contributed by atoms with Gasteiger partial charge in [-0.3, -0.25) is 9.36 Å². The Balaban J connectivity index is 2.27. The molecule has 0 N–H and O–H groups in total. The second-order valence-electron chi connectivity index (χ2n) is 4.92. The average Bonchev–Trinajstić information content (AvgIpc) is 3.06. The third kappa shape index (κ3) is 2.67. The normalized spacial score (nSPS) is 11.6. The number of hydrogen-bond donors (Lipinski definition) is 0. The van der Waals surface area contributed by atoms with Crippen molar-refractivity contribution in [2.24, 2.45) is 0 Å². The summed E-state index contributed by atoms with van der Waals surface area (Å²) in [6, 6.07) is 4.07. The first-order chi connectivity index (χ1) is 10.1. The van der Waals surface area contributed by atoms with Crippen LogP contribution in [0.15, 0.2) is 32.8 Å². The Morgan fingerprint density at radius 3 is 2.81 bits per heavy atom. The fourth-order valence-corrected chi connectivity index (χ4v) is 4.91. The molecule has 0 spiro atoms. The number of thiophene rings is 2. The third-order valence-electron chi connectivity index (χ3n) is 3.10. The first-order valence-electron chi connectivity index (χ1n) is 6.84. The van der Waals surface area contributed by atoms with Gasteiger partial charge in [-0.25, -0.2) is 4.98 Å². The van der Waals surface area contributed by atoms with Crippen LogP contribution in [-0.4, -0.2) is 14.8 Å². The maximum absolute atomic E-state index is 12.9. The molecule has 110 valence electrons. The molecule has 0 bridgehead atoms. The van der Waals surface area contributed by atoms with Crippen LogP contribution in [0.1, 0.15) is 20.8 Å². The van der Waals surface area contributed by atoms with Gasteiger partial charge in [0, 0.05) is 27.6 Å². The molecule has 3 rings (SSSR count). The summed E-state index contributed by atoms with van der Waals surface area (Å²) in [7, 11) is 0. The van der Waals surface area contributed by atoms with Crippen LogP contribution in [0.2, 0.25) is 0 Å². The Hall–Kier alpha value is -1.11. The van der Waals surface area contributed by atoms with Gasteiger partial charge in [-0.2, -0.15) is 0 Å². The Labute approximate surface area is 135 Å². The van der Waals surface area contributed by atoms with Gasteiger partial charge in [0.15, 0.2) is 5.16 Å². The van der Waals surface area contributed by atoms with Gasteiger partial charge in [-0.15, -0.1) is 22.7 Å². The molecular formula is C15H16N2OS3. The molecular weight excluding hydrogens is 320 g/mol. The number of rotatable bonds is 4. The molecule has 0 aliphatic rings. The molecule has 0 aliphatic carbocycles. The van der Waals surface area contributed by atoms with Crippen molar-refractivity contribution >= 4 is 44.7 Å². The number of thioether (sulfide) groups is 1. The Morgan fingerprint density at radius 2 is 2.19 bits per heavy atom. The van der Waals surface area contributed by atoms with E-state index in [9.17, 15) is 4.79 Å². The molecule has 0 atom stereocenters. The Bertz CT molecular complexity index is 815. The van der Waals surface area contributed by atoms with E-state index in [1.807, 2.05) is 18.4 Å². The van der Waals surface area contributed by atoms with Crippen LogP contribution in [0.3, 0.4) is 0 Å². The topological polar surface area (TPSA) is 34.9 Å². The van der Waals surface area contributed by atoms with Gasteiger partial charge < -0.3 is 0 Å². The highest BCUT2D eigenvalue weighted by atomic mass is 32.2. The van der Waals surface area contributed by atoms with Crippen molar-refractivity contribution in [2.75, 3.05) is 0 Å². The first kappa shape index (κ1) is 14.8. The summed E-state index contributed by atoms with van der Waals surface area (Å²) >= 11 is 4.86. The minimum atomic E-state index is 0.0790. The minimum Gasteiger partial charge on any atom is -0.287 e. The molecule has 3 aromatic heterocycles. The highest BCUT2D eigenvalue weighted by molar-refractivity contribution is 7.99. The van der Waals surface area contributed by atoms with Crippen molar-refractivity contribution in [1.29, 1.82) is 0 Å². The Morgan fingerprint density at radius 1 is 1.38 bits per heavy atom. The number of aromatic nitrogens is 2. The van der Waals surface area contributed by atoms with Crippen molar-refractivity contribution in [1.82, 2.24) is 9.55 Å². The zero-order valence-corrected chi connectivity index (χ0v) is 14.6. The maximum Gasteiger partial charge on any atom is 0.263 e. The van der Waals surface area contributed by atoms with E-state index in [1.165, 1.54) is 0 Å². The molecule has 3 heterocycles.